The van der Waals surface area contributed by atoms with Gasteiger partial charge in [-0.2, -0.15) is 22.0 Å². The quantitative estimate of drug-likeness (QED) is 0.738. The van der Waals surface area contributed by atoms with E-state index in [0.29, 0.717) is 25.8 Å². The molecule has 0 N–H and O–H groups in total. The molecule has 1 aromatic rings. The second-order valence-corrected chi connectivity index (χ2v) is 6.27. The number of piperazine rings is 1. The highest BCUT2D eigenvalue weighted by atomic mass is 19.4. The summed E-state index contributed by atoms with van der Waals surface area (Å²) in [6, 6.07) is -0.245. The molecular weight excluding hydrogens is 319 g/mol. The molecule has 0 amide bonds. The molecule has 0 bridgehead atoms. The van der Waals surface area contributed by atoms with Crippen LogP contribution in [0.3, 0.4) is 0 Å². The average Bonchev–Trinajstić information content (AvgIpc) is 2.44. The van der Waals surface area contributed by atoms with Gasteiger partial charge in [0.05, 0.1) is 6.20 Å². The maximum Gasteiger partial charge on any atom is 0.434 e. The van der Waals surface area contributed by atoms with Crippen molar-refractivity contribution in [3.05, 3.63) is 17.6 Å². The first kappa shape index (κ1) is 16.4. The third-order valence-electron chi connectivity index (χ3n) is 4.40. The highest BCUT2D eigenvalue weighted by Gasteiger charge is 2.50. The minimum absolute atomic E-state index is 0.123. The van der Waals surface area contributed by atoms with E-state index in [-0.39, 0.29) is 11.9 Å². The van der Waals surface area contributed by atoms with Crippen molar-refractivity contribution in [2.24, 2.45) is 0 Å². The summed E-state index contributed by atoms with van der Waals surface area (Å²) in [6.07, 6.45) is -4.80. The Morgan fingerprint density at radius 1 is 1.26 bits per heavy atom. The van der Waals surface area contributed by atoms with Gasteiger partial charge in [0.2, 0.25) is 0 Å². The lowest BCUT2D eigenvalue weighted by Crippen LogP contribution is -2.59. The van der Waals surface area contributed by atoms with Crippen LogP contribution in [-0.4, -0.2) is 46.6 Å². The fourth-order valence-electron chi connectivity index (χ4n) is 3.17. The van der Waals surface area contributed by atoms with Crippen molar-refractivity contribution in [2.45, 2.75) is 44.5 Å². The summed E-state index contributed by atoms with van der Waals surface area (Å²) in [4.78, 5) is 10.6. The van der Waals surface area contributed by atoms with Gasteiger partial charge in [-0.15, -0.1) is 0 Å². The standard InChI is InChI=1S/C14H17F5N4/c1-8(2)22-3-4-23-9(7-22)5-13(15,16)11-12(23)20-6-10(21-11)14(17,18)19/h6,8-9H,3-5,7H2,1-2H3. The summed E-state index contributed by atoms with van der Waals surface area (Å²) in [6.45, 7) is 5.52. The number of hydrogen-bond acceptors (Lipinski definition) is 4. The SMILES string of the molecule is CC(C)N1CCN2c3ncc(C(F)(F)F)nc3C(F)(F)CC2C1. The van der Waals surface area contributed by atoms with Gasteiger partial charge in [-0.25, -0.2) is 9.97 Å². The molecule has 0 aliphatic carbocycles. The van der Waals surface area contributed by atoms with Crippen molar-refractivity contribution in [3.8, 4) is 0 Å². The van der Waals surface area contributed by atoms with Crippen LogP contribution in [0.1, 0.15) is 31.7 Å². The number of halogens is 5. The van der Waals surface area contributed by atoms with E-state index in [4.69, 9.17) is 0 Å². The first-order chi connectivity index (χ1) is 10.6. The van der Waals surface area contributed by atoms with E-state index in [9.17, 15) is 22.0 Å². The van der Waals surface area contributed by atoms with Crippen molar-refractivity contribution >= 4 is 5.82 Å². The van der Waals surface area contributed by atoms with Crippen LogP contribution >= 0.6 is 0 Å². The summed E-state index contributed by atoms with van der Waals surface area (Å²) in [5.74, 6) is -3.53. The zero-order chi connectivity index (χ0) is 17.0. The van der Waals surface area contributed by atoms with E-state index in [1.165, 1.54) is 0 Å². The number of rotatable bonds is 1. The van der Waals surface area contributed by atoms with Gasteiger partial charge in [0.1, 0.15) is 0 Å². The molecule has 3 rings (SSSR count). The first-order valence-corrected chi connectivity index (χ1v) is 7.43. The molecule has 128 valence electrons. The lowest BCUT2D eigenvalue weighted by atomic mass is 9.95. The van der Waals surface area contributed by atoms with Crippen LogP contribution in [0.25, 0.3) is 0 Å². The van der Waals surface area contributed by atoms with Crippen LogP contribution in [0.5, 0.6) is 0 Å². The Balaban J connectivity index is 1.99. The van der Waals surface area contributed by atoms with Crippen LogP contribution < -0.4 is 4.90 Å². The highest BCUT2D eigenvalue weighted by Crippen LogP contribution is 2.45. The fraction of sp³-hybridized carbons (Fsp3) is 0.714. The Morgan fingerprint density at radius 2 is 1.96 bits per heavy atom. The van der Waals surface area contributed by atoms with Gasteiger partial charge >= 0.3 is 6.18 Å². The average molecular weight is 336 g/mol. The molecule has 0 radical (unpaired) electrons. The minimum Gasteiger partial charge on any atom is -0.349 e. The summed E-state index contributed by atoms with van der Waals surface area (Å²) in [5, 5.41) is 0. The van der Waals surface area contributed by atoms with Crippen LogP contribution in [0.15, 0.2) is 6.20 Å². The topological polar surface area (TPSA) is 32.3 Å². The zero-order valence-corrected chi connectivity index (χ0v) is 12.7. The smallest absolute Gasteiger partial charge is 0.349 e. The number of aromatic nitrogens is 2. The van der Waals surface area contributed by atoms with E-state index in [2.05, 4.69) is 14.9 Å². The molecular formula is C14H17F5N4. The van der Waals surface area contributed by atoms with Gasteiger partial charge < -0.3 is 4.90 Å². The Morgan fingerprint density at radius 3 is 2.57 bits per heavy atom. The molecule has 1 saturated heterocycles. The predicted octanol–water partition coefficient (Wildman–Crippen LogP) is 2.89. The molecule has 1 atom stereocenters. The van der Waals surface area contributed by atoms with E-state index in [0.717, 1.165) is 0 Å². The molecule has 1 fully saturated rings. The Hall–Kier alpha value is -1.51. The largest absolute Gasteiger partial charge is 0.434 e. The van der Waals surface area contributed by atoms with E-state index in [1.807, 2.05) is 13.8 Å². The van der Waals surface area contributed by atoms with Gasteiger partial charge in [-0.05, 0) is 13.8 Å². The molecule has 1 aromatic heterocycles. The number of alkyl halides is 5. The number of hydrogen-bond donors (Lipinski definition) is 0. The van der Waals surface area contributed by atoms with Gasteiger partial charge in [0.15, 0.2) is 17.2 Å². The minimum atomic E-state index is -4.79. The van der Waals surface area contributed by atoms with Crippen LogP contribution in [0.2, 0.25) is 0 Å². The third kappa shape index (κ3) is 2.86. The molecule has 3 heterocycles. The molecule has 23 heavy (non-hydrogen) atoms. The van der Waals surface area contributed by atoms with E-state index < -0.39 is 35.9 Å². The molecule has 0 aromatic carbocycles. The Kier molecular flexibility index (Phi) is 3.74. The number of fused-ring (bicyclic) bond motifs is 3. The van der Waals surface area contributed by atoms with E-state index >= 15 is 0 Å². The van der Waals surface area contributed by atoms with Gasteiger partial charge in [-0.1, -0.05) is 0 Å². The van der Waals surface area contributed by atoms with Crippen LogP contribution in [0, 0.1) is 0 Å². The second kappa shape index (κ2) is 5.25. The normalized spacial score (nSPS) is 24.5. The van der Waals surface area contributed by atoms with Crippen molar-refractivity contribution in [2.75, 3.05) is 24.5 Å². The highest BCUT2D eigenvalue weighted by molar-refractivity contribution is 5.51. The molecule has 4 nitrogen and oxygen atoms in total. The summed E-state index contributed by atoms with van der Waals surface area (Å²) in [5.41, 5.74) is -2.24. The van der Waals surface area contributed by atoms with Crippen molar-refractivity contribution in [3.63, 3.8) is 0 Å². The molecule has 0 spiro atoms. The number of nitrogens with zero attached hydrogens (tertiary/aromatic N) is 4. The maximum absolute atomic E-state index is 14.3. The van der Waals surface area contributed by atoms with Gasteiger partial charge in [0.25, 0.3) is 5.92 Å². The zero-order valence-electron chi connectivity index (χ0n) is 12.7. The van der Waals surface area contributed by atoms with E-state index in [1.54, 1.807) is 4.90 Å². The summed E-state index contributed by atoms with van der Waals surface area (Å²) < 4.78 is 66.8. The molecule has 1 unspecified atom stereocenters. The molecule has 2 aliphatic rings. The summed E-state index contributed by atoms with van der Waals surface area (Å²) in [7, 11) is 0. The molecule has 9 heteroatoms. The van der Waals surface area contributed by atoms with Crippen molar-refractivity contribution in [1.82, 2.24) is 14.9 Å². The maximum atomic E-state index is 14.3. The fourth-order valence-corrected chi connectivity index (χ4v) is 3.17. The first-order valence-electron chi connectivity index (χ1n) is 7.43. The van der Waals surface area contributed by atoms with Gasteiger partial charge in [-0.3, -0.25) is 4.90 Å². The van der Waals surface area contributed by atoms with Crippen LogP contribution in [-0.2, 0) is 12.1 Å². The monoisotopic (exact) mass is 336 g/mol. The summed E-state index contributed by atoms with van der Waals surface area (Å²) >= 11 is 0. The lowest BCUT2D eigenvalue weighted by Gasteiger charge is -2.47. The van der Waals surface area contributed by atoms with Crippen molar-refractivity contribution < 1.29 is 22.0 Å². The number of anilines is 1. The lowest BCUT2D eigenvalue weighted by molar-refractivity contribution is -0.142. The molecule has 2 aliphatic heterocycles. The van der Waals surface area contributed by atoms with Crippen LogP contribution in [0.4, 0.5) is 27.8 Å². The Bertz CT molecular complexity index is 601. The molecule has 0 saturated carbocycles. The second-order valence-electron chi connectivity index (χ2n) is 6.27. The van der Waals surface area contributed by atoms with Crippen molar-refractivity contribution in [1.29, 1.82) is 0 Å². The Labute approximate surface area is 130 Å². The van der Waals surface area contributed by atoms with Gasteiger partial charge in [0, 0.05) is 38.1 Å². The third-order valence-corrected chi connectivity index (χ3v) is 4.40. The predicted molar refractivity (Wildman–Crippen MR) is 73.4 cm³/mol.